The fraction of sp³-hybridized carbons (Fsp3) is 0.758. The largest absolute Gasteiger partial charge is 0.465 e. The molecule has 4 aliphatic carbocycles. The molecule has 36 heavy (non-hydrogen) atoms. The third-order valence-corrected chi connectivity index (χ3v) is 11.9. The molecule has 0 heterocycles. The van der Waals surface area contributed by atoms with Gasteiger partial charge in [0.05, 0.1) is 6.26 Å². The summed E-state index contributed by atoms with van der Waals surface area (Å²) in [7, 11) is 0. The lowest BCUT2D eigenvalue weighted by molar-refractivity contribution is -0.114. The van der Waals surface area contributed by atoms with Crippen LogP contribution in [0.3, 0.4) is 0 Å². The van der Waals surface area contributed by atoms with E-state index in [0.29, 0.717) is 22.2 Å². The minimum Gasteiger partial charge on any atom is -0.465 e. The van der Waals surface area contributed by atoms with Crippen molar-refractivity contribution in [1.82, 2.24) is 0 Å². The maximum Gasteiger partial charge on any atom is 0.130 e. The molecule has 4 saturated carbocycles. The Morgan fingerprint density at radius 1 is 0.944 bits per heavy atom. The first-order valence-electron chi connectivity index (χ1n) is 15.2. The van der Waals surface area contributed by atoms with Gasteiger partial charge in [-0.15, -0.1) is 0 Å². The van der Waals surface area contributed by atoms with Gasteiger partial charge in [0.25, 0.3) is 0 Å². The highest BCUT2D eigenvalue weighted by molar-refractivity contribution is 5.56. The Hall–Kier alpha value is -1.64. The first-order valence-corrected chi connectivity index (χ1v) is 15.2. The van der Waals surface area contributed by atoms with Crippen LogP contribution in [0.1, 0.15) is 111 Å². The number of rotatable bonds is 7. The SMILES string of the molecule is CC(=COc1cc(N)cc(N)c1)CCC[C@@H](C)[C@H]1CC[C@H]2[C@@H]3CCC4CCCC[C@]4(C)[C@H]3CC[C@]12C. The number of fused-ring (bicyclic) bond motifs is 5. The van der Waals surface area contributed by atoms with Gasteiger partial charge < -0.3 is 16.2 Å². The fourth-order valence-electron chi connectivity index (χ4n) is 10.1. The van der Waals surface area contributed by atoms with E-state index in [9.17, 15) is 0 Å². The zero-order valence-electron chi connectivity index (χ0n) is 23.5. The molecule has 0 aromatic heterocycles. The summed E-state index contributed by atoms with van der Waals surface area (Å²) in [6.07, 6.45) is 20.6. The van der Waals surface area contributed by atoms with Crippen LogP contribution < -0.4 is 16.2 Å². The highest BCUT2D eigenvalue weighted by Crippen LogP contribution is 2.68. The van der Waals surface area contributed by atoms with Crippen LogP contribution in [-0.2, 0) is 0 Å². The average Bonchev–Trinajstić information content (AvgIpc) is 3.19. The first kappa shape index (κ1) is 26.0. The van der Waals surface area contributed by atoms with E-state index < -0.39 is 0 Å². The van der Waals surface area contributed by atoms with Gasteiger partial charge >= 0.3 is 0 Å². The van der Waals surface area contributed by atoms with Gasteiger partial charge in [-0.25, -0.2) is 0 Å². The predicted molar refractivity (Wildman–Crippen MR) is 153 cm³/mol. The summed E-state index contributed by atoms with van der Waals surface area (Å²) in [5.41, 5.74) is 15.6. The molecule has 0 radical (unpaired) electrons. The average molecular weight is 493 g/mol. The second kappa shape index (κ2) is 10.3. The first-order chi connectivity index (χ1) is 17.2. The van der Waals surface area contributed by atoms with Gasteiger partial charge in [-0.3, -0.25) is 0 Å². The molecule has 4 N–H and O–H groups in total. The molecule has 0 bridgehead atoms. The Bertz CT molecular complexity index is 935. The van der Waals surface area contributed by atoms with E-state index in [-0.39, 0.29) is 0 Å². The second-order valence-electron chi connectivity index (χ2n) is 13.9. The van der Waals surface area contributed by atoms with E-state index in [1.807, 2.05) is 18.4 Å². The molecule has 3 nitrogen and oxygen atoms in total. The lowest BCUT2D eigenvalue weighted by atomic mass is 9.44. The number of nitrogens with two attached hydrogens (primary N) is 2. The summed E-state index contributed by atoms with van der Waals surface area (Å²) in [5.74, 6) is 6.51. The van der Waals surface area contributed by atoms with E-state index in [2.05, 4.69) is 27.7 Å². The van der Waals surface area contributed by atoms with Gasteiger partial charge in [-0.05, 0) is 129 Å². The van der Waals surface area contributed by atoms with E-state index in [0.717, 1.165) is 47.7 Å². The van der Waals surface area contributed by atoms with Crippen molar-refractivity contribution in [2.24, 2.45) is 46.3 Å². The van der Waals surface area contributed by atoms with Crippen molar-refractivity contribution < 1.29 is 4.74 Å². The Kier molecular flexibility index (Phi) is 7.40. The van der Waals surface area contributed by atoms with E-state index in [1.165, 1.54) is 82.6 Å². The lowest BCUT2D eigenvalue weighted by Crippen LogP contribution is -2.53. The molecule has 5 rings (SSSR count). The van der Waals surface area contributed by atoms with Crippen LogP contribution in [0.25, 0.3) is 0 Å². The molecule has 4 aliphatic rings. The molecule has 1 unspecified atom stereocenters. The lowest BCUT2D eigenvalue weighted by Gasteiger charge is -2.61. The van der Waals surface area contributed by atoms with Crippen LogP contribution in [0.4, 0.5) is 11.4 Å². The molecule has 1 aromatic carbocycles. The van der Waals surface area contributed by atoms with Crippen molar-refractivity contribution in [2.75, 3.05) is 11.5 Å². The van der Waals surface area contributed by atoms with Gasteiger partial charge in [0, 0.05) is 23.5 Å². The summed E-state index contributed by atoms with van der Waals surface area (Å²) in [4.78, 5) is 0. The Morgan fingerprint density at radius 3 is 2.47 bits per heavy atom. The monoisotopic (exact) mass is 492 g/mol. The summed E-state index contributed by atoms with van der Waals surface area (Å²) < 4.78 is 5.85. The summed E-state index contributed by atoms with van der Waals surface area (Å²) in [6, 6.07) is 5.41. The van der Waals surface area contributed by atoms with Crippen LogP contribution in [-0.4, -0.2) is 0 Å². The van der Waals surface area contributed by atoms with Gasteiger partial charge in [-0.2, -0.15) is 0 Å². The molecule has 8 atom stereocenters. The fourth-order valence-corrected chi connectivity index (χ4v) is 10.1. The van der Waals surface area contributed by atoms with E-state index in [4.69, 9.17) is 16.2 Å². The van der Waals surface area contributed by atoms with Crippen molar-refractivity contribution >= 4 is 11.4 Å². The molecular weight excluding hydrogens is 440 g/mol. The maximum atomic E-state index is 5.89. The highest BCUT2D eigenvalue weighted by atomic mass is 16.5. The highest BCUT2D eigenvalue weighted by Gasteiger charge is 2.60. The molecule has 0 saturated heterocycles. The van der Waals surface area contributed by atoms with Crippen molar-refractivity contribution in [3.05, 3.63) is 30.0 Å². The third-order valence-electron chi connectivity index (χ3n) is 11.9. The normalized spacial score (nSPS) is 39.1. The van der Waals surface area contributed by atoms with Gasteiger partial charge in [0.15, 0.2) is 0 Å². The van der Waals surface area contributed by atoms with E-state index in [1.54, 1.807) is 6.07 Å². The number of hydrogen-bond acceptors (Lipinski definition) is 3. The molecule has 1 aromatic rings. The molecule has 0 amide bonds. The van der Waals surface area contributed by atoms with Crippen molar-refractivity contribution in [3.8, 4) is 5.75 Å². The number of hydrogen-bond donors (Lipinski definition) is 2. The molecule has 3 heteroatoms. The summed E-state index contributed by atoms with van der Waals surface area (Å²) >= 11 is 0. The number of nitrogen functional groups attached to an aromatic ring is 2. The minimum atomic E-state index is 0.583. The minimum absolute atomic E-state index is 0.583. The molecule has 0 spiro atoms. The quantitative estimate of drug-likeness (QED) is 0.295. The standard InChI is InChI=1S/C33H52N2O/c1-22(21-36-27-19-25(34)18-26(35)20-27)8-7-9-23(2)29-13-14-30-28-12-11-24-10-5-6-16-32(24,3)31(28)15-17-33(29,30)4/h18-21,23-24,28-31H,5-17,34-35H2,1-4H3/t23-,24?,28+,29-,30+,31+,32+,33-/m1/s1. The summed E-state index contributed by atoms with van der Waals surface area (Å²) in [5, 5.41) is 0. The third kappa shape index (κ3) is 4.81. The number of benzene rings is 1. The van der Waals surface area contributed by atoms with Crippen molar-refractivity contribution in [2.45, 2.75) is 111 Å². The topological polar surface area (TPSA) is 61.3 Å². The van der Waals surface area contributed by atoms with Crippen LogP contribution >= 0.6 is 0 Å². The summed E-state index contributed by atoms with van der Waals surface area (Å²) in [6.45, 7) is 10.2. The Morgan fingerprint density at radius 2 is 1.69 bits per heavy atom. The Labute approximate surface area is 220 Å². The number of allylic oxidation sites excluding steroid dienone is 1. The van der Waals surface area contributed by atoms with Gasteiger partial charge in [-0.1, -0.05) is 40.0 Å². The number of anilines is 2. The maximum absolute atomic E-state index is 5.89. The smallest absolute Gasteiger partial charge is 0.130 e. The van der Waals surface area contributed by atoms with E-state index >= 15 is 0 Å². The van der Waals surface area contributed by atoms with Crippen LogP contribution in [0.5, 0.6) is 5.75 Å². The number of ether oxygens (including phenoxy) is 1. The Balaban J connectivity index is 1.15. The molecule has 200 valence electrons. The van der Waals surface area contributed by atoms with Crippen LogP contribution in [0.2, 0.25) is 0 Å². The zero-order valence-corrected chi connectivity index (χ0v) is 23.5. The van der Waals surface area contributed by atoms with Gasteiger partial charge in [0.1, 0.15) is 5.75 Å². The molecule has 0 aliphatic heterocycles. The predicted octanol–water partition coefficient (Wildman–Crippen LogP) is 8.99. The molecular formula is C33H52N2O. The molecule has 4 fully saturated rings. The van der Waals surface area contributed by atoms with Crippen LogP contribution in [0.15, 0.2) is 30.0 Å². The second-order valence-corrected chi connectivity index (χ2v) is 13.9. The van der Waals surface area contributed by atoms with Crippen molar-refractivity contribution in [1.29, 1.82) is 0 Å². The van der Waals surface area contributed by atoms with Crippen molar-refractivity contribution in [3.63, 3.8) is 0 Å². The van der Waals surface area contributed by atoms with Crippen LogP contribution in [0, 0.1) is 46.3 Å². The zero-order chi connectivity index (χ0) is 25.5. The van der Waals surface area contributed by atoms with Gasteiger partial charge in [0.2, 0.25) is 0 Å².